The maximum absolute atomic E-state index is 15.2. The summed E-state index contributed by atoms with van der Waals surface area (Å²) in [6.07, 6.45) is 0.478. The zero-order chi connectivity index (χ0) is 26.4. The second-order valence-electron chi connectivity index (χ2n) is 8.64. The highest BCUT2D eigenvalue weighted by Gasteiger charge is 2.38. The first-order chi connectivity index (χ1) is 17.6. The first-order valence-electron chi connectivity index (χ1n) is 11.2. The Balaban J connectivity index is 1.46. The Kier molecular flexibility index (Phi) is 6.78. The smallest absolute Gasteiger partial charge is 0.271 e. The lowest BCUT2D eigenvalue weighted by Gasteiger charge is -2.35. The highest BCUT2D eigenvalue weighted by atomic mass is 35.5. The van der Waals surface area contributed by atoms with Crippen LogP contribution in [-0.2, 0) is 11.2 Å². The van der Waals surface area contributed by atoms with Gasteiger partial charge in [-0.3, -0.25) is 9.59 Å². The van der Waals surface area contributed by atoms with Crippen molar-refractivity contribution < 1.29 is 18.7 Å². The Morgan fingerprint density at radius 1 is 1.22 bits per heavy atom. The number of hydrogen-bond donors (Lipinski definition) is 0. The number of rotatable bonds is 5. The number of fused-ring (bicyclic) bond motifs is 3. The molecule has 3 aromatic heterocycles. The lowest BCUT2D eigenvalue weighted by molar-refractivity contribution is -0.135. The van der Waals surface area contributed by atoms with Crippen LogP contribution in [0.25, 0.3) is 4.96 Å². The third-order valence-corrected chi connectivity index (χ3v) is 7.27. The molecule has 0 spiro atoms. The fourth-order valence-electron chi connectivity index (χ4n) is 4.27. The van der Waals surface area contributed by atoms with Crippen molar-refractivity contribution in [1.29, 1.82) is 0 Å². The molecule has 1 aliphatic heterocycles. The topological polar surface area (TPSA) is 92.9 Å². The molecule has 0 N–H and O–H groups in total. The summed E-state index contributed by atoms with van der Waals surface area (Å²) in [5, 5.41) is 5.54. The van der Waals surface area contributed by atoms with E-state index in [0.29, 0.717) is 23.6 Å². The van der Waals surface area contributed by atoms with Crippen LogP contribution in [0.15, 0.2) is 30.3 Å². The normalized spacial score (nSPS) is 15.1. The molecule has 1 aliphatic rings. The van der Waals surface area contributed by atoms with Crippen LogP contribution in [0.2, 0.25) is 10.2 Å². The standard InChI is InChI=1S/C24H21Cl2FN6O3S/c1-12-30-33-21-16(29-24(33)37-12)8-9-32(20(21)14-5-4-13(25)10-15(14)27)19(34)11-36-18-7-6-17(28-22(18)26)23(35)31(2)3/h4-7,10,20H,8-9,11H2,1-3H3. The molecule has 0 fully saturated rings. The van der Waals surface area contributed by atoms with Gasteiger partial charge in [0, 0.05) is 37.6 Å². The summed E-state index contributed by atoms with van der Waals surface area (Å²) < 4.78 is 22.5. The van der Waals surface area contributed by atoms with Crippen LogP contribution < -0.4 is 4.74 Å². The monoisotopic (exact) mass is 562 g/mol. The number of nitrogens with zero attached hydrogens (tertiary/aromatic N) is 6. The quantitative estimate of drug-likeness (QED) is 0.338. The van der Waals surface area contributed by atoms with Gasteiger partial charge in [-0.2, -0.15) is 5.10 Å². The van der Waals surface area contributed by atoms with E-state index in [9.17, 15) is 9.59 Å². The Hall–Kier alpha value is -3.28. The number of carbonyl (C=O) groups is 2. The molecule has 192 valence electrons. The van der Waals surface area contributed by atoms with Crippen molar-refractivity contribution in [3.63, 3.8) is 0 Å². The van der Waals surface area contributed by atoms with E-state index >= 15 is 4.39 Å². The number of imidazole rings is 1. The van der Waals surface area contributed by atoms with E-state index in [1.807, 2.05) is 6.92 Å². The molecule has 9 nitrogen and oxygen atoms in total. The second kappa shape index (κ2) is 9.88. The van der Waals surface area contributed by atoms with Gasteiger partial charge in [-0.25, -0.2) is 18.9 Å². The van der Waals surface area contributed by atoms with E-state index in [2.05, 4.69) is 15.1 Å². The van der Waals surface area contributed by atoms with Gasteiger partial charge in [0.05, 0.1) is 11.4 Å². The van der Waals surface area contributed by atoms with Crippen LogP contribution >= 0.6 is 34.5 Å². The lowest BCUT2D eigenvalue weighted by Crippen LogP contribution is -2.43. The van der Waals surface area contributed by atoms with Gasteiger partial charge in [0.25, 0.3) is 11.8 Å². The number of carbonyl (C=O) groups excluding carboxylic acids is 2. The number of hydrogen-bond acceptors (Lipinski definition) is 7. The summed E-state index contributed by atoms with van der Waals surface area (Å²) in [6.45, 7) is 1.79. The SMILES string of the molecule is Cc1nn2c3c(nc2s1)CCN(C(=O)COc1ccc(C(=O)N(C)C)nc1Cl)C3c1ccc(Cl)cc1F. The van der Waals surface area contributed by atoms with E-state index in [0.717, 1.165) is 10.7 Å². The van der Waals surface area contributed by atoms with Crippen molar-refractivity contribution in [2.75, 3.05) is 27.2 Å². The van der Waals surface area contributed by atoms with E-state index in [1.165, 1.54) is 34.4 Å². The summed E-state index contributed by atoms with van der Waals surface area (Å²) in [5.41, 5.74) is 1.82. The molecule has 1 aromatic carbocycles. The number of amides is 2. The molecule has 37 heavy (non-hydrogen) atoms. The number of aryl methyl sites for hydroxylation is 1. The van der Waals surface area contributed by atoms with Crippen molar-refractivity contribution in [3.8, 4) is 5.75 Å². The molecule has 13 heteroatoms. The Morgan fingerprint density at radius 2 is 2.00 bits per heavy atom. The Labute approximate surface area is 225 Å². The van der Waals surface area contributed by atoms with Gasteiger partial charge in [0.2, 0.25) is 4.96 Å². The predicted octanol–water partition coefficient (Wildman–Crippen LogP) is 4.20. The molecule has 2 amide bonds. The minimum Gasteiger partial charge on any atom is -0.481 e. The van der Waals surface area contributed by atoms with Gasteiger partial charge in [0.1, 0.15) is 22.6 Å². The number of aromatic nitrogens is 4. The first-order valence-corrected chi connectivity index (χ1v) is 12.8. The van der Waals surface area contributed by atoms with E-state index < -0.39 is 17.8 Å². The molecule has 4 aromatic rings. The Bertz CT molecular complexity index is 1540. The van der Waals surface area contributed by atoms with Crippen LogP contribution in [0.4, 0.5) is 4.39 Å². The fraction of sp³-hybridized carbons (Fsp3) is 0.292. The minimum absolute atomic E-state index is 0.0443. The number of pyridine rings is 1. The molecule has 0 bridgehead atoms. The summed E-state index contributed by atoms with van der Waals surface area (Å²) >= 11 is 13.6. The van der Waals surface area contributed by atoms with E-state index in [-0.39, 0.29) is 39.7 Å². The molecule has 4 heterocycles. The molecule has 0 aliphatic carbocycles. The molecule has 1 atom stereocenters. The van der Waals surface area contributed by atoms with Crippen LogP contribution in [0, 0.1) is 12.7 Å². The molecular weight excluding hydrogens is 542 g/mol. The fourth-order valence-corrected chi connectivity index (χ4v) is 5.40. The predicted molar refractivity (Wildman–Crippen MR) is 137 cm³/mol. The number of benzene rings is 1. The number of halogens is 3. The third-order valence-electron chi connectivity index (χ3n) is 5.94. The molecule has 0 saturated heterocycles. The molecule has 5 rings (SSSR count). The molecule has 0 saturated carbocycles. The van der Waals surface area contributed by atoms with E-state index in [1.54, 1.807) is 35.6 Å². The van der Waals surface area contributed by atoms with Gasteiger partial charge in [-0.15, -0.1) is 0 Å². The molecule has 1 unspecified atom stereocenters. The van der Waals surface area contributed by atoms with Gasteiger partial charge in [-0.1, -0.05) is 40.6 Å². The largest absolute Gasteiger partial charge is 0.481 e. The molecule has 0 radical (unpaired) electrons. The summed E-state index contributed by atoms with van der Waals surface area (Å²) in [4.78, 5) is 37.9. The van der Waals surface area contributed by atoms with Crippen molar-refractivity contribution in [3.05, 3.63) is 74.0 Å². The first kappa shape index (κ1) is 25.4. The van der Waals surface area contributed by atoms with Gasteiger partial charge < -0.3 is 14.5 Å². The minimum atomic E-state index is -0.790. The lowest BCUT2D eigenvalue weighted by atomic mass is 9.95. The van der Waals surface area contributed by atoms with Crippen LogP contribution in [-0.4, -0.2) is 68.4 Å². The maximum Gasteiger partial charge on any atom is 0.271 e. The zero-order valence-electron chi connectivity index (χ0n) is 20.0. The molecular formula is C24H21Cl2FN6O3S. The van der Waals surface area contributed by atoms with Crippen LogP contribution in [0.5, 0.6) is 5.75 Å². The highest BCUT2D eigenvalue weighted by molar-refractivity contribution is 7.16. The summed E-state index contributed by atoms with van der Waals surface area (Å²) in [7, 11) is 3.21. The van der Waals surface area contributed by atoms with Crippen LogP contribution in [0.1, 0.15) is 38.5 Å². The summed E-state index contributed by atoms with van der Waals surface area (Å²) in [5.74, 6) is -1.10. The van der Waals surface area contributed by atoms with Crippen molar-refractivity contribution in [1.82, 2.24) is 29.4 Å². The van der Waals surface area contributed by atoms with Gasteiger partial charge in [-0.05, 0) is 31.2 Å². The maximum atomic E-state index is 15.2. The zero-order valence-corrected chi connectivity index (χ0v) is 22.4. The van der Waals surface area contributed by atoms with Crippen molar-refractivity contribution in [2.45, 2.75) is 19.4 Å². The van der Waals surface area contributed by atoms with Crippen molar-refractivity contribution in [2.24, 2.45) is 0 Å². The van der Waals surface area contributed by atoms with Gasteiger partial charge >= 0.3 is 0 Å². The van der Waals surface area contributed by atoms with Crippen molar-refractivity contribution >= 4 is 51.3 Å². The highest BCUT2D eigenvalue weighted by Crippen LogP contribution is 2.38. The second-order valence-corrected chi connectivity index (χ2v) is 10.6. The number of ether oxygens (including phenoxy) is 1. The third kappa shape index (κ3) is 4.74. The van der Waals surface area contributed by atoms with Crippen LogP contribution in [0.3, 0.4) is 0 Å². The van der Waals surface area contributed by atoms with E-state index in [4.69, 9.17) is 27.9 Å². The van der Waals surface area contributed by atoms with Gasteiger partial charge in [0.15, 0.2) is 17.5 Å². The Morgan fingerprint density at radius 3 is 2.70 bits per heavy atom. The summed E-state index contributed by atoms with van der Waals surface area (Å²) in [6, 6.07) is 6.54. The average Bonchev–Trinajstić information content (AvgIpc) is 3.37. The average molecular weight is 563 g/mol.